The van der Waals surface area contributed by atoms with Crippen molar-refractivity contribution in [3.63, 3.8) is 0 Å². The number of hydrogen-bond acceptors (Lipinski definition) is 2. The molecule has 0 radical (unpaired) electrons. The van der Waals surface area contributed by atoms with Gasteiger partial charge in [-0.2, -0.15) is 5.26 Å². The molecule has 0 spiro atoms. The Morgan fingerprint density at radius 1 is 1.33 bits per heavy atom. The monoisotopic (exact) mass is 304 g/mol. The fraction of sp³-hybridized carbons (Fsp3) is 0.529. The molecule has 0 saturated heterocycles. The summed E-state index contributed by atoms with van der Waals surface area (Å²) in [5, 5.41) is 13.2. The normalized spacial score (nSPS) is 19.1. The van der Waals surface area contributed by atoms with Crippen LogP contribution < -0.4 is 5.32 Å². The highest BCUT2D eigenvalue weighted by Gasteiger charge is 2.39. The molecular weight excluding hydrogens is 284 g/mol. The van der Waals surface area contributed by atoms with E-state index in [1.807, 2.05) is 31.2 Å². The minimum atomic E-state index is -0.858. The molecule has 0 heterocycles. The summed E-state index contributed by atoms with van der Waals surface area (Å²) in [6.45, 7) is 1.92. The van der Waals surface area contributed by atoms with Gasteiger partial charge in [-0.3, -0.25) is 4.79 Å². The van der Waals surface area contributed by atoms with E-state index in [0.29, 0.717) is 17.9 Å². The van der Waals surface area contributed by atoms with Crippen molar-refractivity contribution in [3.05, 3.63) is 34.9 Å². The Bertz CT molecular complexity index is 542. The highest BCUT2D eigenvalue weighted by Crippen LogP contribution is 2.35. The van der Waals surface area contributed by atoms with E-state index >= 15 is 0 Å². The number of nitriles is 1. The Balaban J connectivity index is 2.10. The summed E-state index contributed by atoms with van der Waals surface area (Å²) >= 11 is 5.99. The van der Waals surface area contributed by atoms with Gasteiger partial charge in [0.25, 0.3) is 0 Å². The van der Waals surface area contributed by atoms with Crippen molar-refractivity contribution in [1.29, 1.82) is 5.26 Å². The molecule has 0 bridgehead atoms. The lowest BCUT2D eigenvalue weighted by Crippen LogP contribution is -2.41. The van der Waals surface area contributed by atoms with Crippen LogP contribution in [0.1, 0.15) is 57.1 Å². The fourth-order valence-corrected chi connectivity index (χ4v) is 3.11. The summed E-state index contributed by atoms with van der Waals surface area (Å²) in [7, 11) is 0. The molecule has 3 nitrogen and oxygen atoms in total. The molecule has 1 aromatic rings. The van der Waals surface area contributed by atoms with Crippen LogP contribution in [0.15, 0.2) is 24.3 Å². The zero-order valence-electron chi connectivity index (χ0n) is 12.4. The molecule has 0 aromatic heterocycles. The molecule has 0 aliphatic heterocycles. The SMILES string of the molecule is CC(NC(=O)C1(C#N)CCCCCC1)c1cccc(Cl)c1. The van der Waals surface area contributed by atoms with E-state index in [1.54, 1.807) is 0 Å². The van der Waals surface area contributed by atoms with Crippen LogP contribution in [0.3, 0.4) is 0 Å². The second-order valence-electron chi connectivity index (χ2n) is 5.86. The van der Waals surface area contributed by atoms with Crippen molar-refractivity contribution in [2.45, 2.75) is 51.5 Å². The fourth-order valence-electron chi connectivity index (χ4n) is 2.92. The minimum absolute atomic E-state index is 0.139. The van der Waals surface area contributed by atoms with Gasteiger partial charge in [0, 0.05) is 5.02 Å². The van der Waals surface area contributed by atoms with Gasteiger partial charge in [0.2, 0.25) is 5.91 Å². The summed E-state index contributed by atoms with van der Waals surface area (Å²) in [6, 6.07) is 9.59. The van der Waals surface area contributed by atoms with Crippen molar-refractivity contribution >= 4 is 17.5 Å². The second-order valence-corrected chi connectivity index (χ2v) is 6.29. The third-order valence-corrected chi connectivity index (χ3v) is 4.54. The van der Waals surface area contributed by atoms with E-state index in [0.717, 1.165) is 31.2 Å². The van der Waals surface area contributed by atoms with Crippen LogP contribution in [-0.2, 0) is 4.79 Å². The zero-order chi connectivity index (χ0) is 15.3. The second kappa shape index (κ2) is 6.95. The van der Waals surface area contributed by atoms with Gasteiger partial charge in [-0.1, -0.05) is 49.4 Å². The summed E-state index contributed by atoms with van der Waals surface area (Å²) in [5.74, 6) is -0.139. The van der Waals surface area contributed by atoms with Gasteiger partial charge in [-0.25, -0.2) is 0 Å². The van der Waals surface area contributed by atoms with Gasteiger partial charge in [-0.15, -0.1) is 0 Å². The Morgan fingerprint density at radius 3 is 2.57 bits per heavy atom. The molecule has 1 aromatic carbocycles. The van der Waals surface area contributed by atoms with E-state index in [4.69, 9.17) is 11.6 Å². The summed E-state index contributed by atoms with van der Waals surface area (Å²) in [4.78, 5) is 12.6. The van der Waals surface area contributed by atoms with Gasteiger partial charge in [0.15, 0.2) is 0 Å². The quantitative estimate of drug-likeness (QED) is 0.842. The molecule has 21 heavy (non-hydrogen) atoms. The number of carbonyl (C=O) groups excluding carboxylic acids is 1. The van der Waals surface area contributed by atoms with Gasteiger partial charge in [-0.05, 0) is 37.5 Å². The summed E-state index contributed by atoms with van der Waals surface area (Å²) < 4.78 is 0. The average Bonchev–Trinajstić information content (AvgIpc) is 2.73. The molecule has 1 fully saturated rings. The largest absolute Gasteiger partial charge is 0.348 e. The molecule has 112 valence electrons. The number of nitrogens with one attached hydrogen (secondary N) is 1. The van der Waals surface area contributed by atoms with Crippen LogP contribution in [0.4, 0.5) is 0 Å². The number of amides is 1. The van der Waals surface area contributed by atoms with Gasteiger partial charge in [0.05, 0.1) is 12.1 Å². The molecule has 4 heteroatoms. The van der Waals surface area contributed by atoms with Crippen molar-refractivity contribution in [2.24, 2.45) is 5.41 Å². The van der Waals surface area contributed by atoms with Crippen LogP contribution >= 0.6 is 11.6 Å². The zero-order valence-corrected chi connectivity index (χ0v) is 13.1. The van der Waals surface area contributed by atoms with Gasteiger partial charge < -0.3 is 5.32 Å². The first-order chi connectivity index (χ1) is 10.1. The maximum Gasteiger partial charge on any atom is 0.240 e. The van der Waals surface area contributed by atoms with Crippen molar-refractivity contribution in [1.82, 2.24) is 5.32 Å². The maximum atomic E-state index is 12.6. The number of nitrogens with zero attached hydrogens (tertiary/aromatic N) is 1. The first-order valence-corrected chi connectivity index (χ1v) is 7.93. The van der Waals surface area contributed by atoms with Crippen LogP contribution in [0.25, 0.3) is 0 Å². The van der Waals surface area contributed by atoms with E-state index in [1.165, 1.54) is 0 Å². The standard InChI is InChI=1S/C17H21ClN2O/c1-13(14-7-6-8-15(18)11-14)20-16(21)17(12-19)9-4-2-3-5-10-17/h6-8,11,13H,2-5,9-10H2,1H3,(H,20,21). The van der Waals surface area contributed by atoms with Crippen molar-refractivity contribution < 1.29 is 4.79 Å². The van der Waals surface area contributed by atoms with Gasteiger partial charge in [0.1, 0.15) is 5.41 Å². The van der Waals surface area contributed by atoms with E-state index in [-0.39, 0.29) is 11.9 Å². The average molecular weight is 305 g/mol. The molecule has 1 saturated carbocycles. The lowest BCUT2D eigenvalue weighted by atomic mass is 9.80. The predicted molar refractivity (Wildman–Crippen MR) is 83.8 cm³/mol. The van der Waals surface area contributed by atoms with Crippen LogP contribution in [0, 0.1) is 16.7 Å². The lowest BCUT2D eigenvalue weighted by Gasteiger charge is -2.26. The topological polar surface area (TPSA) is 52.9 Å². The lowest BCUT2D eigenvalue weighted by molar-refractivity contribution is -0.129. The molecule has 1 unspecified atom stereocenters. The highest BCUT2D eigenvalue weighted by molar-refractivity contribution is 6.30. The highest BCUT2D eigenvalue weighted by atomic mass is 35.5. The molecular formula is C17H21ClN2O. The van der Waals surface area contributed by atoms with Crippen LogP contribution in [0.2, 0.25) is 5.02 Å². The number of rotatable bonds is 3. The Labute approximate surface area is 131 Å². The third kappa shape index (κ3) is 3.77. The van der Waals surface area contributed by atoms with E-state index in [9.17, 15) is 10.1 Å². The van der Waals surface area contributed by atoms with Crippen molar-refractivity contribution in [3.8, 4) is 6.07 Å². The number of carbonyl (C=O) groups is 1. The molecule has 1 amide bonds. The molecule has 1 aliphatic rings. The molecule has 1 atom stereocenters. The molecule has 1 aliphatic carbocycles. The first-order valence-electron chi connectivity index (χ1n) is 7.55. The summed E-state index contributed by atoms with van der Waals surface area (Å²) in [6.07, 6.45) is 5.45. The Kier molecular flexibility index (Phi) is 5.25. The molecule has 2 rings (SSSR count). The number of hydrogen-bond donors (Lipinski definition) is 1. The first kappa shape index (κ1) is 15.9. The van der Waals surface area contributed by atoms with Crippen molar-refractivity contribution in [2.75, 3.05) is 0 Å². The molecule has 1 N–H and O–H groups in total. The minimum Gasteiger partial charge on any atom is -0.348 e. The smallest absolute Gasteiger partial charge is 0.240 e. The summed E-state index contributed by atoms with van der Waals surface area (Å²) in [5.41, 5.74) is 0.0983. The Morgan fingerprint density at radius 2 is 2.00 bits per heavy atom. The van der Waals surface area contributed by atoms with Crippen LogP contribution in [0.5, 0.6) is 0 Å². The van der Waals surface area contributed by atoms with E-state index < -0.39 is 5.41 Å². The number of halogens is 1. The maximum absolute atomic E-state index is 12.6. The number of benzene rings is 1. The van der Waals surface area contributed by atoms with E-state index in [2.05, 4.69) is 11.4 Å². The predicted octanol–water partition coefficient (Wildman–Crippen LogP) is 4.38. The Hall–Kier alpha value is -1.53. The van der Waals surface area contributed by atoms with Gasteiger partial charge >= 0.3 is 0 Å². The third-order valence-electron chi connectivity index (χ3n) is 4.30. The van der Waals surface area contributed by atoms with Crippen LogP contribution in [-0.4, -0.2) is 5.91 Å².